The Bertz CT molecular complexity index is 523. The van der Waals surface area contributed by atoms with Crippen molar-refractivity contribution in [3.8, 4) is 10.6 Å². The third-order valence-electron chi connectivity index (χ3n) is 2.95. The van der Waals surface area contributed by atoms with E-state index in [2.05, 4.69) is 67.5 Å². The van der Waals surface area contributed by atoms with Crippen LogP contribution in [-0.4, -0.2) is 16.7 Å². The Balaban J connectivity index is 2.16. The van der Waals surface area contributed by atoms with Crippen molar-refractivity contribution in [3.05, 3.63) is 29.8 Å². The molecule has 102 valence electrons. The minimum Gasteiger partial charge on any atom is -0.360 e. The number of anilines is 1. The van der Waals surface area contributed by atoms with Crippen LogP contribution in [0.5, 0.6) is 0 Å². The summed E-state index contributed by atoms with van der Waals surface area (Å²) in [7, 11) is 0. The van der Waals surface area contributed by atoms with E-state index >= 15 is 0 Å². The van der Waals surface area contributed by atoms with Crippen molar-refractivity contribution in [2.24, 2.45) is 0 Å². The Morgan fingerprint density at radius 1 is 1.11 bits per heavy atom. The molecule has 0 unspecified atom stereocenters. The molecule has 1 N–H and O–H groups in total. The standard InChI is InChI=1S/C15H21N3S/c1-5-10-16-14-18-17-13(19-14)11-6-8-12(9-7-11)15(2,3)4/h6-9H,5,10H2,1-4H3,(H,16,18). The Morgan fingerprint density at radius 2 is 1.79 bits per heavy atom. The average molecular weight is 275 g/mol. The smallest absolute Gasteiger partial charge is 0.206 e. The lowest BCUT2D eigenvalue weighted by Gasteiger charge is -2.18. The van der Waals surface area contributed by atoms with Gasteiger partial charge in [-0.3, -0.25) is 0 Å². The maximum atomic E-state index is 4.24. The van der Waals surface area contributed by atoms with Crippen molar-refractivity contribution in [2.75, 3.05) is 11.9 Å². The quantitative estimate of drug-likeness (QED) is 0.902. The molecule has 0 fully saturated rings. The lowest BCUT2D eigenvalue weighted by atomic mass is 9.87. The van der Waals surface area contributed by atoms with Crippen LogP contribution in [0.3, 0.4) is 0 Å². The highest BCUT2D eigenvalue weighted by atomic mass is 32.1. The lowest BCUT2D eigenvalue weighted by Crippen LogP contribution is -2.10. The zero-order valence-corrected chi connectivity index (χ0v) is 12.8. The Hall–Kier alpha value is -1.42. The van der Waals surface area contributed by atoms with Crippen LogP contribution in [0, 0.1) is 0 Å². The summed E-state index contributed by atoms with van der Waals surface area (Å²) in [6, 6.07) is 8.61. The highest BCUT2D eigenvalue weighted by Crippen LogP contribution is 2.29. The second-order valence-corrected chi connectivity index (χ2v) is 6.64. The minimum atomic E-state index is 0.188. The van der Waals surface area contributed by atoms with Crippen LogP contribution in [0.25, 0.3) is 10.6 Å². The van der Waals surface area contributed by atoms with Crippen molar-refractivity contribution in [1.29, 1.82) is 0 Å². The van der Waals surface area contributed by atoms with E-state index in [0.29, 0.717) is 0 Å². The molecule has 1 heterocycles. The molecule has 0 atom stereocenters. The van der Waals surface area contributed by atoms with Gasteiger partial charge >= 0.3 is 0 Å². The highest BCUT2D eigenvalue weighted by molar-refractivity contribution is 7.18. The summed E-state index contributed by atoms with van der Waals surface area (Å²) >= 11 is 1.61. The zero-order valence-electron chi connectivity index (χ0n) is 12.0. The maximum Gasteiger partial charge on any atom is 0.206 e. The fourth-order valence-electron chi connectivity index (χ4n) is 1.76. The van der Waals surface area contributed by atoms with E-state index in [9.17, 15) is 0 Å². The van der Waals surface area contributed by atoms with Gasteiger partial charge in [0.25, 0.3) is 0 Å². The first kappa shape index (κ1) is 14.0. The van der Waals surface area contributed by atoms with Gasteiger partial charge in [-0.1, -0.05) is 63.3 Å². The van der Waals surface area contributed by atoms with E-state index in [4.69, 9.17) is 0 Å². The minimum absolute atomic E-state index is 0.188. The van der Waals surface area contributed by atoms with Gasteiger partial charge in [0.05, 0.1) is 0 Å². The summed E-state index contributed by atoms with van der Waals surface area (Å²) in [6.07, 6.45) is 1.09. The van der Waals surface area contributed by atoms with Crippen molar-refractivity contribution in [2.45, 2.75) is 39.5 Å². The first-order valence-electron chi connectivity index (χ1n) is 6.69. The van der Waals surface area contributed by atoms with Crippen LogP contribution in [0.1, 0.15) is 39.7 Å². The normalized spacial score (nSPS) is 11.6. The molecule has 3 nitrogen and oxygen atoms in total. The number of nitrogens with one attached hydrogen (secondary N) is 1. The summed E-state index contributed by atoms with van der Waals surface area (Å²) < 4.78 is 0. The molecule has 0 aliphatic carbocycles. The number of aromatic nitrogens is 2. The van der Waals surface area contributed by atoms with Gasteiger partial charge in [0.1, 0.15) is 5.01 Å². The number of nitrogens with zero attached hydrogens (tertiary/aromatic N) is 2. The van der Waals surface area contributed by atoms with E-state index in [-0.39, 0.29) is 5.41 Å². The highest BCUT2D eigenvalue weighted by Gasteiger charge is 2.14. The molecule has 1 aromatic heterocycles. The van der Waals surface area contributed by atoms with E-state index in [1.54, 1.807) is 11.3 Å². The zero-order chi connectivity index (χ0) is 13.9. The van der Waals surface area contributed by atoms with E-state index in [0.717, 1.165) is 28.7 Å². The predicted octanol–water partition coefficient (Wildman–Crippen LogP) is 4.32. The summed E-state index contributed by atoms with van der Waals surface area (Å²) in [5.74, 6) is 0. The number of rotatable bonds is 4. The van der Waals surface area contributed by atoms with Gasteiger partial charge < -0.3 is 5.32 Å². The summed E-state index contributed by atoms with van der Waals surface area (Å²) in [5, 5.41) is 13.5. The molecule has 0 bridgehead atoms. The van der Waals surface area contributed by atoms with Gasteiger partial charge in [-0.05, 0) is 17.4 Å². The van der Waals surface area contributed by atoms with E-state index in [1.807, 2.05) is 0 Å². The molecule has 2 aromatic rings. The van der Waals surface area contributed by atoms with Crippen LogP contribution in [-0.2, 0) is 5.41 Å². The van der Waals surface area contributed by atoms with Gasteiger partial charge in [0, 0.05) is 12.1 Å². The summed E-state index contributed by atoms with van der Waals surface area (Å²) in [6.45, 7) is 9.75. The second-order valence-electron chi connectivity index (χ2n) is 5.67. The number of hydrogen-bond acceptors (Lipinski definition) is 4. The molecular weight excluding hydrogens is 254 g/mol. The Kier molecular flexibility index (Phi) is 4.20. The summed E-state index contributed by atoms with van der Waals surface area (Å²) in [4.78, 5) is 0. The molecule has 4 heteroatoms. The van der Waals surface area contributed by atoms with E-state index < -0.39 is 0 Å². The monoisotopic (exact) mass is 275 g/mol. The SMILES string of the molecule is CCCNc1nnc(-c2ccc(C(C)(C)C)cc2)s1. The molecule has 0 aliphatic heterocycles. The Labute approximate surface area is 119 Å². The largest absolute Gasteiger partial charge is 0.360 e. The molecule has 0 saturated carbocycles. The third kappa shape index (κ3) is 3.53. The fourth-order valence-corrected chi connectivity index (χ4v) is 2.53. The molecule has 0 spiro atoms. The van der Waals surface area contributed by atoms with Crippen LogP contribution < -0.4 is 5.32 Å². The van der Waals surface area contributed by atoms with Crippen LogP contribution in [0.2, 0.25) is 0 Å². The van der Waals surface area contributed by atoms with Crippen molar-refractivity contribution >= 4 is 16.5 Å². The number of benzene rings is 1. The van der Waals surface area contributed by atoms with Gasteiger partial charge in [-0.25, -0.2) is 0 Å². The maximum absolute atomic E-state index is 4.24. The van der Waals surface area contributed by atoms with Gasteiger partial charge in [-0.15, -0.1) is 10.2 Å². The molecule has 1 aromatic carbocycles. The van der Waals surface area contributed by atoms with Crippen LogP contribution in [0.4, 0.5) is 5.13 Å². The molecule has 0 saturated heterocycles. The van der Waals surface area contributed by atoms with Gasteiger partial charge in [-0.2, -0.15) is 0 Å². The number of hydrogen-bond donors (Lipinski definition) is 1. The fraction of sp³-hybridized carbons (Fsp3) is 0.467. The second kappa shape index (κ2) is 5.70. The lowest BCUT2D eigenvalue weighted by molar-refractivity contribution is 0.590. The van der Waals surface area contributed by atoms with Crippen molar-refractivity contribution < 1.29 is 0 Å². The molecule has 0 amide bonds. The van der Waals surface area contributed by atoms with Crippen molar-refractivity contribution in [3.63, 3.8) is 0 Å². The van der Waals surface area contributed by atoms with Crippen LogP contribution in [0.15, 0.2) is 24.3 Å². The van der Waals surface area contributed by atoms with Gasteiger partial charge in [0.15, 0.2) is 0 Å². The average Bonchev–Trinajstić information content (AvgIpc) is 2.84. The first-order chi connectivity index (χ1) is 9.00. The molecule has 0 radical (unpaired) electrons. The van der Waals surface area contributed by atoms with E-state index in [1.165, 1.54) is 5.56 Å². The molecule has 0 aliphatic rings. The van der Waals surface area contributed by atoms with Crippen LogP contribution >= 0.6 is 11.3 Å². The molecule has 19 heavy (non-hydrogen) atoms. The first-order valence-corrected chi connectivity index (χ1v) is 7.50. The Morgan fingerprint density at radius 3 is 2.37 bits per heavy atom. The summed E-state index contributed by atoms with van der Waals surface area (Å²) in [5.41, 5.74) is 2.66. The molecular formula is C15H21N3S. The molecule has 2 rings (SSSR count). The topological polar surface area (TPSA) is 37.8 Å². The van der Waals surface area contributed by atoms with Gasteiger partial charge in [0.2, 0.25) is 5.13 Å². The predicted molar refractivity (Wildman–Crippen MR) is 82.8 cm³/mol. The van der Waals surface area contributed by atoms with Crippen molar-refractivity contribution in [1.82, 2.24) is 10.2 Å². The third-order valence-corrected chi connectivity index (χ3v) is 3.88.